The Labute approximate surface area is 156 Å². The number of nitrogens with zero attached hydrogens (tertiary/aromatic N) is 1. The maximum absolute atomic E-state index is 11.1. The van der Waals surface area contributed by atoms with E-state index in [4.69, 9.17) is 4.74 Å². The SMILES string of the molecule is CC(=O)Nc1ccc(-c2ccc(OCc3ccc([N+](=O)[O-])cc3)cc2)cc1. The van der Waals surface area contributed by atoms with Gasteiger partial charge in [0.15, 0.2) is 0 Å². The van der Waals surface area contributed by atoms with Crippen LogP contribution < -0.4 is 10.1 Å². The minimum Gasteiger partial charge on any atom is -0.489 e. The number of carbonyl (C=O) groups excluding carboxylic acids is 1. The molecule has 1 amide bonds. The standard InChI is InChI=1S/C21H18N2O4/c1-15(24)22-19-8-4-17(5-9-19)18-6-12-21(13-7-18)27-14-16-2-10-20(11-3-16)23(25)26/h2-13H,14H2,1H3,(H,22,24). The van der Waals surface area contributed by atoms with Crippen LogP contribution in [-0.2, 0) is 11.4 Å². The Balaban J connectivity index is 1.61. The summed E-state index contributed by atoms with van der Waals surface area (Å²) in [5.41, 5.74) is 3.75. The summed E-state index contributed by atoms with van der Waals surface area (Å²) in [5.74, 6) is 0.615. The lowest BCUT2D eigenvalue weighted by molar-refractivity contribution is -0.384. The van der Waals surface area contributed by atoms with Crippen molar-refractivity contribution in [3.63, 3.8) is 0 Å². The van der Waals surface area contributed by atoms with Crippen LogP contribution in [0.1, 0.15) is 12.5 Å². The molecule has 0 heterocycles. The number of amides is 1. The van der Waals surface area contributed by atoms with Gasteiger partial charge < -0.3 is 10.1 Å². The fourth-order valence-electron chi connectivity index (χ4n) is 2.57. The zero-order chi connectivity index (χ0) is 19.2. The van der Waals surface area contributed by atoms with Crippen molar-refractivity contribution < 1.29 is 14.5 Å². The number of benzene rings is 3. The Morgan fingerprint density at radius 3 is 2.00 bits per heavy atom. The molecule has 0 bridgehead atoms. The first-order valence-electron chi connectivity index (χ1n) is 8.35. The van der Waals surface area contributed by atoms with Crippen molar-refractivity contribution in [1.29, 1.82) is 0 Å². The maximum Gasteiger partial charge on any atom is 0.269 e. The molecule has 0 aliphatic carbocycles. The molecule has 0 aromatic heterocycles. The number of carbonyl (C=O) groups is 1. The van der Waals surface area contributed by atoms with Gasteiger partial charge in [-0.15, -0.1) is 0 Å². The van der Waals surface area contributed by atoms with E-state index in [1.54, 1.807) is 12.1 Å². The topological polar surface area (TPSA) is 81.5 Å². The summed E-state index contributed by atoms with van der Waals surface area (Å²) in [6.07, 6.45) is 0. The van der Waals surface area contributed by atoms with Crippen molar-refractivity contribution >= 4 is 17.3 Å². The van der Waals surface area contributed by atoms with E-state index in [0.717, 1.165) is 22.4 Å². The van der Waals surface area contributed by atoms with Crippen molar-refractivity contribution in [2.45, 2.75) is 13.5 Å². The Hall–Kier alpha value is -3.67. The van der Waals surface area contributed by atoms with E-state index < -0.39 is 4.92 Å². The molecule has 0 spiro atoms. The molecule has 6 nitrogen and oxygen atoms in total. The molecule has 0 saturated heterocycles. The first-order chi connectivity index (χ1) is 13.0. The van der Waals surface area contributed by atoms with Crippen LogP contribution in [-0.4, -0.2) is 10.8 Å². The summed E-state index contributed by atoms with van der Waals surface area (Å²) in [6.45, 7) is 1.81. The molecule has 27 heavy (non-hydrogen) atoms. The molecule has 0 atom stereocenters. The second kappa shape index (κ2) is 8.14. The highest BCUT2D eigenvalue weighted by Crippen LogP contribution is 2.24. The van der Waals surface area contributed by atoms with E-state index in [1.807, 2.05) is 48.5 Å². The van der Waals surface area contributed by atoms with Gasteiger partial charge in [0.2, 0.25) is 5.91 Å². The summed E-state index contributed by atoms with van der Waals surface area (Å²) >= 11 is 0. The van der Waals surface area contributed by atoms with Crippen molar-refractivity contribution in [2.24, 2.45) is 0 Å². The van der Waals surface area contributed by atoms with Gasteiger partial charge in [-0.25, -0.2) is 0 Å². The van der Waals surface area contributed by atoms with Crippen molar-refractivity contribution in [2.75, 3.05) is 5.32 Å². The number of nitro benzene ring substituents is 1. The zero-order valence-corrected chi connectivity index (χ0v) is 14.7. The van der Waals surface area contributed by atoms with E-state index in [1.165, 1.54) is 19.1 Å². The van der Waals surface area contributed by atoms with E-state index >= 15 is 0 Å². The Bertz CT molecular complexity index is 933. The van der Waals surface area contributed by atoms with Crippen LogP contribution >= 0.6 is 0 Å². The zero-order valence-electron chi connectivity index (χ0n) is 14.7. The Morgan fingerprint density at radius 2 is 1.48 bits per heavy atom. The lowest BCUT2D eigenvalue weighted by Gasteiger charge is -2.08. The largest absolute Gasteiger partial charge is 0.489 e. The van der Waals surface area contributed by atoms with Gasteiger partial charge in [0.05, 0.1) is 4.92 Å². The Morgan fingerprint density at radius 1 is 0.926 bits per heavy atom. The van der Waals surface area contributed by atoms with Crippen LogP contribution in [0.3, 0.4) is 0 Å². The van der Waals surface area contributed by atoms with Gasteiger partial charge in [0.1, 0.15) is 12.4 Å². The van der Waals surface area contributed by atoms with Crippen LogP contribution in [0.4, 0.5) is 11.4 Å². The molecule has 0 fully saturated rings. The van der Waals surface area contributed by atoms with Crippen LogP contribution in [0.15, 0.2) is 72.8 Å². The molecule has 136 valence electrons. The van der Waals surface area contributed by atoms with E-state index in [9.17, 15) is 14.9 Å². The summed E-state index contributed by atoms with van der Waals surface area (Å²) < 4.78 is 5.73. The lowest BCUT2D eigenvalue weighted by Crippen LogP contribution is -2.05. The minimum atomic E-state index is -0.425. The van der Waals surface area contributed by atoms with Crippen LogP contribution in [0, 0.1) is 10.1 Å². The highest BCUT2D eigenvalue weighted by Gasteiger charge is 2.05. The normalized spacial score (nSPS) is 10.3. The predicted molar refractivity (Wildman–Crippen MR) is 104 cm³/mol. The molecule has 6 heteroatoms. The summed E-state index contributed by atoms with van der Waals surface area (Å²) in [5, 5.41) is 13.4. The summed E-state index contributed by atoms with van der Waals surface area (Å²) in [6, 6.07) is 21.6. The monoisotopic (exact) mass is 362 g/mol. The predicted octanol–water partition coefficient (Wildman–Crippen LogP) is 4.80. The molecule has 3 aromatic carbocycles. The number of ether oxygens (including phenoxy) is 1. The molecule has 0 aliphatic rings. The minimum absolute atomic E-state index is 0.0626. The van der Waals surface area contributed by atoms with E-state index in [2.05, 4.69) is 5.32 Å². The second-order valence-corrected chi connectivity index (χ2v) is 6.00. The van der Waals surface area contributed by atoms with Crippen LogP contribution in [0.5, 0.6) is 5.75 Å². The van der Waals surface area contributed by atoms with Crippen molar-refractivity contribution in [1.82, 2.24) is 0 Å². The molecule has 3 aromatic rings. The molecule has 0 unspecified atom stereocenters. The highest BCUT2D eigenvalue weighted by atomic mass is 16.6. The van der Waals surface area contributed by atoms with E-state index in [0.29, 0.717) is 12.4 Å². The molecule has 0 radical (unpaired) electrons. The third-order valence-corrected chi connectivity index (χ3v) is 3.95. The van der Waals surface area contributed by atoms with Crippen LogP contribution in [0.2, 0.25) is 0 Å². The number of hydrogen-bond acceptors (Lipinski definition) is 4. The van der Waals surface area contributed by atoms with Gasteiger partial charge in [-0.1, -0.05) is 24.3 Å². The van der Waals surface area contributed by atoms with Gasteiger partial charge in [0, 0.05) is 24.7 Å². The lowest BCUT2D eigenvalue weighted by atomic mass is 10.1. The summed E-state index contributed by atoms with van der Waals surface area (Å²) in [4.78, 5) is 21.3. The quantitative estimate of drug-likeness (QED) is 0.504. The molecule has 0 saturated carbocycles. The number of nitrogens with one attached hydrogen (secondary N) is 1. The first-order valence-corrected chi connectivity index (χ1v) is 8.35. The fraction of sp³-hybridized carbons (Fsp3) is 0.0952. The smallest absolute Gasteiger partial charge is 0.269 e. The Kier molecular flexibility index (Phi) is 5.47. The fourth-order valence-corrected chi connectivity index (χ4v) is 2.57. The average Bonchev–Trinajstić information content (AvgIpc) is 2.67. The maximum atomic E-state index is 11.1. The molecule has 3 rings (SSSR count). The number of anilines is 1. The number of hydrogen-bond donors (Lipinski definition) is 1. The van der Waals surface area contributed by atoms with Gasteiger partial charge in [-0.2, -0.15) is 0 Å². The van der Waals surface area contributed by atoms with Gasteiger partial charge >= 0.3 is 0 Å². The summed E-state index contributed by atoms with van der Waals surface area (Å²) in [7, 11) is 0. The number of rotatable bonds is 6. The first kappa shape index (κ1) is 18.1. The third kappa shape index (κ3) is 4.92. The third-order valence-electron chi connectivity index (χ3n) is 3.95. The van der Waals surface area contributed by atoms with Crippen molar-refractivity contribution in [3.05, 3.63) is 88.5 Å². The molecule has 0 aliphatic heterocycles. The van der Waals surface area contributed by atoms with Crippen molar-refractivity contribution in [3.8, 4) is 16.9 Å². The average molecular weight is 362 g/mol. The van der Waals surface area contributed by atoms with Gasteiger partial charge in [-0.3, -0.25) is 14.9 Å². The number of nitro groups is 1. The van der Waals surface area contributed by atoms with E-state index in [-0.39, 0.29) is 11.6 Å². The highest BCUT2D eigenvalue weighted by molar-refractivity contribution is 5.89. The molecule has 1 N–H and O–H groups in total. The molecular weight excluding hydrogens is 344 g/mol. The van der Waals surface area contributed by atoms with Gasteiger partial charge in [0.25, 0.3) is 5.69 Å². The van der Waals surface area contributed by atoms with Crippen LogP contribution in [0.25, 0.3) is 11.1 Å². The number of non-ortho nitro benzene ring substituents is 1. The van der Waals surface area contributed by atoms with Gasteiger partial charge in [-0.05, 0) is 53.1 Å². The molecular formula is C21H18N2O4. The second-order valence-electron chi connectivity index (χ2n) is 6.00.